The van der Waals surface area contributed by atoms with Crippen LogP contribution < -0.4 is 5.32 Å². The molecule has 2 aromatic rings. The highest BCUT2D eigenvalue weighted by atomic mass is 35.5. The van der Waals surface area contributed by atoms with E-state index in [-0.39, 0.29) is 11.9 Å². The SMILES string of the molecule is COCC1CCCN1C(=O)C1=C(C)Nc2c(Cl)cnn2C1c1cccc(Cl)c1Cl. The zero-order valence-corrected chi connectivity index (χ0v) is 18.4. The number of anilines is 1. The van der Waals surface area contributed by atoms with Crippen LogP contribution in [0.5, 0.6) is 0 Å². The van der Waals surface area contributed by atoms with Crippen molar-refractivity contribution in [2.75, 3.05) is 25.6 Å². The number of benzene rings is 1. The normalized spacial score (nSPS) is 21.3. The van der Waals surface area contributed by atoms with Crippen LogP contribution in [0.1, 0.15) is 31.4 Å². The molecule has 1 saturated heterocycles. The fourth-order valence-corrected chi connectivity index (χ4v) is 4.73. The molecule has 1 amide bonds. The largest absolute Gasteiger partial charge is 0.383 e. The number of amides is 1. The van der Waals surface area contributed by atoms with E-state index in [0.29, 0.717) is 50.9 Å². The van der Waals surface area contributed by atoms with Crippen LogP contribution >= 0.6 is 34.8 Å². The fourth-order valence-electron chi connectivity index (χ4n) is 4.15. The molecule has 3 heterocycles. The van der Waals surface area contributed by atoms with Gasteiger partial charge in [0.2, 0.25) is 0 Å². The van der Waals surface area contributed by atoms with Gasteiger partial charge in [-0.2, -0.15) is 5.10 Å². The van der Waals surface area contributed by atoms with Gasteiger partial charge in [0.25, 0.3) is 5.91 Å². The summed E-state index contributed by atoms with van der Waals surface area (Å²) in [6.45, 7) is 3.06. The second-order valence-corrected chi connectivity index (χ2v) is 8.44. The quantitative estimate of drug-likeness (QED) is 0.721. The van der Waals surface area contributed by atoms with Gasteiger partial charge in [-0.1, -0.05) is 46.9 Å². The molecule has 2 atom stereocenters. The maximum absolute atomic E-state index is 13.7. The van der Waals surface area contributed by atoms with E-state index in [9.17, 15) is 4.79 Å². The highest BCUT2D eigenvalue weighted by Gasteiger charge is 2.39. The van der Waals surface area contributed by atoms with Gasteiger partial charge in [0.05, 0.1) is 34.5 Å². The van der Waals surface area contributed by atoms with Gasteiger partial charge in [-0.15, -0.1) is 0 Å². The molecular formula is C20H21Cl3N4O2. The van der Waals surface area contributed by atoms with Crippen molar-refractivity contribution in [3.05, 3.63) is 56.3 Å². The first-order valence-electron chi connectivity index (χ1n) is 9.38. The molecule has 0 bridgehead atoms. The first kappa shape index (κ1) is 20.5. The second kappa shape index (κ2) is 8.19. The van der Waals surface area contributed by atoms with Crippen LogP contribution in [0.2, 0.25) is 15.1 Å². The van der Waals surface area contributed by atoms with Gasteiger partial charge in [0, 0.05) is 24.9 Å². The number of nitrogens with one attached hydrogen (secondary N) is 1. The molecule has 29 heavy (non-hydrogen) atoms. The first-order chi connectivity index (χ1) is 13.9. The Hall–Kier alpha value is -1.73. The van der Waals surface area contributed by atoms with Crippen LogP contribution in [-0.4, -0.2) is 46.9 Å². The van der Waals surface area contributed by atoms with E-state index in [4.69, 9.17) is 39.5 Å². The van der Waals surface area contributed by atoms with E-state index in [1.807, 2.05) is 24.0 Å². The van der Waals surface area contributed by atoms with Gasteiger partial charge in [-0.05, 0) is 25.8 Å². The van der Waals surface area contributed by atoms with Gasteiger partial charge < -0.3 is 15.0 Å². The number of nitrogens with zero attached hydrogens (tertiary/aromatic N) is 3. The summed E-state index contributed by atoms with van der Waals surface area (Å²) in [7, 11) is 1.65. The maximum Gasteiger partial charge on any atom is 0.254 e. The first-order valence-corrected chi connectivity index (χ1v) is 10.5. The average Bonchev–Trinajstić information content (AvgIpc) is 3.30. The minimum absolute atomic E-state index is 0.0471. The summed E-state index contributed by atoms with van der Waals surface area (Å²) in [6.07, 6.45) is 3.42. The number of carbonyl (C=O) groups excluding carboxylic acids is 1. The summed E-state index contributed by atoms with van der Waals surface area (Å²) in [4.78, 5) is 15.6. The summed E-state index contributed by atoms with van der Waals surface area (Å²) < 4.78 is 7.02. The summed E-state index contributed by atoms with van der Waals surface area (Å²) >= 11 is 19.2. The molecule has 9 heteroatoms. The number of aromatic nitrogens is 2. The lowest BCUT2D eigenvalue weighted by atomic mass is 9.94. The Morgan fingerprint density at radius 3 is 2.86 bits per heavy atom. The van der Waals surface area contributed by atoms with E-state index < -0.39 is 6.04 Å². The van der Waals surface area contributed by atoms with Crippen molar-refractivity contribution in [2.45, 2.75) is 31.8 Å². The van der Waals surface area contributed by atoms with Crippen molar-refractivity contribution in [2.24, 2.45) is 0 Å². The number of carbonyl (C=O) groups is 1. The van der Waals surface area contributed by atoms with Crippen LogP contribution in [0.15, 0.2) is 35.7 Å². The van der Waals surface area contributed by atoms with Gasteiger partial charge >= 0.3 is 0 Å². The fraction of sp³-hybridized carbons (Fsp3) is 0.400. The number of halogens is 3. The molecule has 1 N–H and O–H groups in total. The zero-order valence-electron chi connectivity index (χ0n) is 16.1. The lowest BCUT2D eigenvalue weighted by Crippen LogP contribution is -2.42. The molecule has 0 saturated carbocycles. The van der Waals surface area contributed by atoms with E-state index in [1.165, 1.54) is 0 Å². The molecule has 0 aliphatic carbocycles. The Kier molecular flexibility index (Phi) is 5.80. The molecular weight excluding hydrogens is 435 g/mol. The third kappa shape index (κ3) is 3.52. The van der Waals surface area contributed by atoms with Gasteiger partial charge in [-0.25, -0.2) is 4.68 Å². The van der Waals surface area contributed by atoms with E-state index in [0.717, 1.165) is 12.8 Å². The van der Waals surface area contributed by atoms with Crippen molar-refractivity contribution in [1.82, 2.24) is 14.7 Å². The number of likely N-dealkylation sites (tertiary alicyclic amines) is 1. The average molecular weight is 456 g/mol. The van der Waals surface area contributed by atoms with E-state index >= 15 is 0 Å². The maximum atomic E-state index is 13.7. The van der Waals surface area contributed by atoms with Crippen LogP contribution in [0, 0.1) is 0 Å². The Labute approximate surface area is 184 Å². The number of hydrogen-bond donors (Lipinski definition) is 1. The second-order valence-electron chi connectivity index (χ2n) is 7.24. The van der Waals surface area contributed by atoms with Gasteiger partial charge in [-0.3, -0.25) is 4.79 Å². The molecule has 2 aliphatic rings. The number of fused-ring (bicyclic) bond motifs is 1. The number of allylic oxidation sites excluding steroid dienone is 1. The number of hydrogen-bond acceptors (Lipinski definition) is 4. The molecule has 154 valence electrons. The van der Waals surface area contributed by atoms with Crippen molar-refractivity contribution in [3.8, 4) is 0 Å². The lowest BCUT2D eigenvalue weighted by molar-refractivity contribution is -0.129. The van der Waals surface area contributed by atoms with Crippen molar-refractivity contribution in [3.63, 3.8) is 0 Å². The predicted molar refractivity (Wildman–Crippen MR) is 115 cm³/mol. The molecule has 1 aromatic heterocycles. The molecule has 6 nitrogen and oxygen atoms in total. The third-order valence-corrected chi connectivity index (χ3v) is 6.59. The smallest absolute Gasteiger partial charge is 0.254 e. The van der Waals surface area contributed by atoms with Crippen molar-refractivity contribution in [1.29, 1.82) is 0 Å². The zero-order chi connectivity index (χ0) is 20.7. The van der Waals surface area contributed by atoms with Crippen LogP contribution in [0.3, 0.4) is 0 Å². The summed E-state index contributed by atoms with van der Waals surface area (Å²) in [6, 6.07) is 4.91. The van der Waals surface area contributed by atoms with Gasteiger partial charge in [0.15, 0.2) is 0 Å². The van der Waals surface area contributed by atoms with Crippen molar-refractivity contribution >= 4 is 46.5 Å². The minimum Gasteiger partial charge on any atom is -0.383 e. The lowest BCUT2D eigenvalue weighted by Gasteiger charge is -2.34. The highest BCUT2D eigenvalue weighted by Crippen LogP contribution is 2.43. The van der Waals surface area contributed by atoms with E-state index in [2.05, 4.69) is 10.4 Å². The number of methoxy groups -OCH3 is 1. The Morgan fingerprint density at radius 2 is 2.10 bits per heavy atom. The summed E-state index contributed by atoms with van der Waals surface area (Å²) in [5.41, 5.74) is 1.99. The number of rotatable bonds is 4. The molecule has 4 rings (SSSR count). The third-order valence-electron chi connectivity index (χ3n) is 5.48. The molecule has 2 unspecified atom stereocenters. The minimum atomic E-state index is -0.541. The summed E-state index contributed by atoms with van der Waals surface area (Å²) in [5, 5.41) is 8.95. The van der Waals surface area contributed by atoms with Crippen LogP contribution in [0.4, 0.5) is 5.82 Å². The van der Waals surface area contributed by atoms with Crippen LogP contribution in [-0.2, 0) is 9.53 Å². The monoisotopic (exact) mass is 454 g/mol. The predicted octanol–water partition coefficient (Wildman–Crippen LogP) is 4.77. The van der Waals surface area contributed by atoms with E-state index in [1.54, 1.807) is 24.1 Å². The standard InChI is InChI=1S/C20H21Cl3N4O2/c1-11-16(20(28)26-8-4-5-12(26)10-29-2)18(13-6-3-7-14(21)17(13)23)27-19(25-11)15(22)9-24-27/h3,6-7,9,12,18,25H,4-5,8,10H2,1-2H3. The molecule has 0 radical (unpaired) electrons. The molecule has 0 spiro atoms. The Balaban J connectivity index is 1.84. The highest BCUT2D eigenvalue weighted by molar-refractivity contribution is 6.42. The molecule has 1 fully saturated rings. The summed E-state index contributed by atoms with van der Waals surface area (Å²) in [5.74, 6) is 0.560. The topological polar surface area (TPSA) is 59.4 Å². The number of ether oxygens (including phenoxy) is 1. The van der Waals surface area contributed by atoms with Crippen LogP contribution in [0.25, 0.3) is 0 Å². The van der Waals surface area contributed by atoms with Gasteiger partial charge in [0.1, 0.15) is 16.9 Å². The Bertz CT molecular complexity index is 988. The molecule has 2 aliphatic heterocycles. The van der Waals surface area contributed by atoms with Crippen molar-refractivity contribution < 1.29 is 9.53 Å². The molecule has 1 aromatic carbocycles. The Morgan fingerprint density at radius 1 is 1.31 bits per heavy atom.